The number of hydrogen-bond acceptors (Lipinski definition) is 2. The van der Waals surface area contributed by atoms with Crippen LogP contribution in [0.1, 0.15) is 23.1 Å². The van der Waals surface area contributed by atoms with Gasteiger partial charge in [0.25, 0.3) is 0 Å². The number of thioether (sulfide) groups is 1. The maximum Gasteiger partial charge on any atom is 0.118 e. The standard InChI is InChI=1S/C24H20OS/c1-25-19-12-10-17(11-13-19)18-14-15-26-24(16-18)22-8-4-2-6-20(22)21-7-3-5-9-23(21)24/h2-14H,15-16H2,1H3. The van der Waals surface area contributed by atoms with Gasteiger partial charge >= 0.3 is 0 Å². The van der Waals surface area contributed by atoms with E-state index in [0.29, 0.717) is 0 Å². The molecule has 3 aromatic carbocycles. The Balaban J connectivity index is 1.62. The van der Waals surface area contributed by atoms with Crippen molar-refractivity contribution in [2.45, 2.75) is 11.2 Å². The Morgan fingerprint density at radius 2 is 1.42 bits per heavy atom. The SMILES string of the molecule is COc1ccc(C2=CCSC3(C2)c2ccccc2-c2ccccc23)cc1. The third kappa shape index (κ3) is 2.25. The lowest BCUT2D eigenvalue weighted by atomic mass is 9.86. The summed E-state index contributed by atoms with van der Waals surface area (Å²) in [4.78, 5) is 0. The molecule has 0 atom stereocenters. The van der Waals surface area contributed by atoms with Gasteiger partial charge in [-0.25, -0.2) is 0 Å². The van der Waals surface area contributed by atoms with Crippen molar-refractivity contribution < 1.29 is 4.74 Å². The van der Waals surface area contributed by atoms with Crippen LogP contribution in [-0.4, -0.2) is 12.9 Å². The highest BCUT2D eigenvalue weighted by Crippen LogP contribution is 2.60. The Morgan fingerprint density at radius 3 is 2.04 bits per heavy atom. The lowest BCUT2D eigenvalue weighted by Gasteiger charge is -2.35. The zero-order chi connectivity index (χ0) is 17.6. The van der Waals surface area contributed by atoms with E-state index < -0.39 is 0 Å². The lowest BCUT2D eigenvalue weighted by Crippen LogP contribution is -2.24. The number of rotatable bonds is 2. The molecule has 0 fully saturated rings. The van der Waals surface area contributed by atoms with Crippen LogP contribution in [0.5, 0.6) is 5.75 Å². The third-order valence-corrected chi connectivity index (χ3v) is 6.98. The summed E-state index contributed by atoms with van der Waals surface area (Å²) >= 11 is 2.06. The lowest BCUT2D eigenvalue weighted by molar-refractivity contribution is 0.415. The highest BCUT2D eigenvalue weighted by Gasteiger charge is 2.45. The molecule has 1 nitrogen and oxygen atoms in total. The van der Waals surface area contributed by atoms with Gasteiger partial charge in [-0.1, -0.05) is 66.7 Å². The molecule has 0 N–H and O–H groups in total. The fourth-order valence-corrected chi connectivity index (χ4v) is 5.83. The Labute approximate surface area is 158 Å². The van der Waals surface area contributed by atoms with Gasteiger partial charge in [-0.05, 0) is 51.9 Å². The topological polar surface area (TPSA) is 9.23 Å². The van der Waals surface area contributed by atoms with Gasteiger partial charge in [0.1, 0.15) is 5.75 Å². The first kappa shape index (κ1) is 15.8. The molecule has 1 spiro atoms. The fraction of sp³-hybridized carbons (Fsp3) is 0.167. The third-order valence-electron chi connectivity index (χ3n) is 5.57. The summed E-state index contributed by atoms with van der Waals surface area (Å²) in [6.07, 6.45) is 3.42. The molecule has 26 heavy (non-hydrogen) atoms. The van der Waals surface area contributed by atoms with E-state index in [0.717, 1.165) is 17.9 Å². The van der Waals surface area contributed by atoms with Crippen molar-refractivity contribution in [2.24, 2.45) is 0 Å². The summed E-state index contributed by atoms with van der Waals surface area (Å²) in [6.45, 7) is 0. The van der Waals surface area contributed by atoms with Gasteiger partial charge in [-0.2, -0.15) is 0 Å². The van der Waals surface area contributed by atoms with Crippen molar-refractivity contribution in [3.05, 3.63) is 95.6 Å². The second-order valence-electron chi connectivity index (χ2n) is 6.86. The van der Waals surface area contributed by atoms with E-state index in [1.165, 1.54) is 33.4 Å². The summed E-state index contributed by atoms with van der Waals surface area (Å²) in [5, 5.41) is 0. The van der Waals surface area contributed by atoms with Crippen molar-refractivity contribution in [2.75, 3.05) is 12.9 Å². The Kier molecular flexibility index (Phi) is 3.68. The molecular weight excluding hydrogens is 336 g/mol. The number of hydrogen-bond donors (Lipinski definition) is 0. The van der Waals surface area contributed by atoms with E-state index in [-0.39, 0.29) is 4.75 Å². The molecule has 1 aliphatic carbocycles. The van der Waals surface area contributed by atoms with Gasteiger partial charge in [0.05, 0.1) is 11.9 Å². The molecule has 0 radical (unpaired) electrons. The van der Waals surface area contributed by atoms with Crippen LogP contribution in [0.15, 0.2) is 78.9 Å². The van der Waals surface area contributed by atoms with Crippen LogP contribution in [0.2, 0.25) is 0 Å². The quantitative estimate of drug-likeness (QED) is 0.545. The molecule has 5 rings (SSSR count). The molecule has 0 bridgehead atoms. The van der Waals surface area contributed by atoms with Gasteiger partial charge in [0.15, 0.2) is 0 Å². The first-order chi connectivity index (χ1) is 12.8. The summed E-state index contributed by atoms with van der Waals surface area (Å²) in [6, 6.07) is 26.3. The van der Waals surface area contributed by atoms with Crippen molar-refractivity contribution in [1.29, 1.82) is 0 Å². The molecular formula is C24H20OS. The van der Waals surface area contributed by atoms with E-state index in [4.69, 9.17) is 4.74 Å². The molecule has 0 saturated carbocycles. The van der Waals surface area contributed by atoms with E-state index in [2.05, 4.69) is 90.6 Å². The summed E-state index contributed by atoms with van der Waals surface area (Å²) in [5.41, 5.74) is 8.44. The molecule has 0 amide bonds. The normalized spacial score (nSPS) is 16.7. The first-order valence-electron chi connectivity index (χ1n) is 8.99. The van der Waals surface area contributed by atoms with Gasteiger partial charge < -0.3 is 4.74 Å². The number of allylic oxidation sites excluding steroid dienone is 1. The molecule has 3 aromatic rings. The minimum atomic E-state index is 0.0250. The van der Waals surface area contributed by atoms with Crippen LogP contribution in [0, 0.1) is 0 Å². The zero-order valence-corrected chi connectivity index (χ0v) is 15.6. The highest BCUT2D eigenvalue weighted by atomic mass is 32.2. The van der Waals surface area contributed by atoms with E-state index in [9.17, 15) is 0 Å². The van der Waals surface area contributed by atoms with Crippen molar-refractivity contribution in [3.63, 3.8) is 0 Å². The monoisotopic (exact) mass is 356 g/mol. The van der Waals surface area contributed by atoms with Crippen LogP contribution < -0.4 is 4.74 Å². The summed E-state index contributed by atoms with van der Waals surface area (Å²) < 4.78 is 5.34. The van der Waals surface area contributed by atoms with Crippen molar-refractivity contribution in [3.8, 4) is 16.9 Å². The van der Waals surface area contributed by atoms with Crippen LogP contribution >= 0.6 is 11.8 Å². The van der Waals surface area contributed by atoms with Crippen LogP contribution in [-0.2, 0) is 4.75 Å². The number of fused-ring (bicyclic) bond motifs is 5. The van der Waals surface area contributed by atoms with E-state index >= 15 is 0 Å². The number of methoxy groups -OCH3 is 1. The highest BCUT2D eigenvalue weighted by molar-refractivity contribution is 8.00. The molecule has 1 heterocycles. The second-order valence-corrected chi connectivity index (χ2v) is 8.18. The average molecular weight is 356 g/mol. The fourth-order valence-electron chi connectivity index (χ4n) is 4.33. The predicted octanol–water partition coefficient (Wildman–Crippen LogP) is 6.14. The molecule has 0 aromatic heterocycles. The largest absolute Gasteiger partial charge is 0.497 e. The molecule has 1 aliphatic heterocycles. The Hall–Kier alpha value is -2.45. The number of ether oxygens (including phenoxy) is 1. The number of benzene rings is 3. The second kappa shape index (κ2) is 6.07. The minimum Gasteiger partial charge on any atom is -0.497 e. The molecule has 128 valence electrons. The predicted molar refractivity (Wildman–Crippen MR) is 111 cm³/mol. The smallest absolute Gasteiger partial charge is 0.118 e. The Bertz CT molecular complexity index is 955. The summed E-state index contributed by atoms with van der Waals surface area (Å²) in [7, 11) is 1.72. The zero-order valence-electron chi connectivity index (χ0n) is 14.7. The molecule has 0 saturated heterocycles. The van der Waals surface area contributed by atoms with Crippen molar-refractivity contribution in [1.82, 2.24) is 0 Å². The van der Waals surface area contributed by atoms with Crippen molar-refractivity contribution >= 4 is 17.3 Å². The molecule has 2 heteroatoms. The summed E-state index contributed by atoms with van der Waals surface area (Å²) in [5.74, 6) is 1.94. The minimum absolute atomic E-state index is 0.0250. The van der Waals surface area contributed by atoms with E-state index in [1.807, 2.05) is 0 Å². The van der Waals surface area contributed by atoms with Crippen LogP contribution in [0.25, 0.3) is 16.7 Å². The van der Waals surface area contributed by atoms with Crippen LogP contribution in [0.3, 0.4) is 0 Å². The maximum atomic E-state index is 5.32. The molecule has 0 unspecified atom stereocenters. The van der Waals surface area contributed by atoms with Crippen LogP contribution in [0.4, 0.5) is 0 Å². The van der Waals surface area contributed by atoms with Gasteiger partial charge in [-0.3, -0.25) is 0 Å². The van der Waals surface area contributed by atoms with E-state index in [1.54, 1.807) is 7.11 Å². The van der Waals surface area contributed by atoms with Gasteiger partial charge in [0, 0.05) is 5.75 Å². The van der Waals surface area contributed by atoms with Gasteiger partial charge in [0.2, 0.25) is 0 Å². The maximum absolute atomic E-state index is 5.32. The molecule has 2 aliphatic rings. The average Bonchev–Trinajstić information content (AvgIpc) is 2.99. The van der Waals surface area contributed by atoms with Gasteiger partial charge in [-0.15, -0.1) is 11.8 Å². The Morgan fingerprint density at radius 1 is 0.808 bits per heavy atom. The first-order valence-corrected chi connectivity index (χ1v) is 9.97.